The van der Waals surface area contributed by atoms with Gasteiger partial charge in [0.15, 0.2) is 11.5 Å². The number of aryl methyl sites for hydroxylation is 1. The largest absolute Gasteiger partial charge is 0.481 e. The Labute approximate surface area is 289 Å². The fraction of sp³-hybridized carbons (Fsp3) is 0.324. The molecule has 0 unspecified atom stereocenters. The molecule has 6 rings (SSSR count). The fourth-order valence-electron chi connectivity index (χ4n) is 6.14. The number of alkyl halides is 2. The van der Waals surface area contributed by atoms with E-state index >= 15 is 0 Å². The SMILES string of the molecule is COc1nc(-c2cccc(-c3cccc(Nc4nc(C(F)F)nc5c4c(=O)n(C)c(=O)n5C)c3C)c2Cl)cnc1CN1CCC(C(=O)O)CC1. The standard InChI is InChI=1S/C34H33ClF2N8O5/c1-17-19(7-6-10-22(17)39-28-25-30(42-29(41-28)27(36)37)43(2)34(49)44(3)32(25)46)20-8-5-9-21(26(20)35)23-15-38-24(31(40-23)50-4)16-45-13-11-18(12-14-45)33(47)48/h5-10,15,18,27H,11-14,16H2,1-4H3,(H,47,48)(H,39,41,42). The van der Waals surface area contributed by atoms with Gasteiger partial charge in [-0.25, -0.2) is 28.5 Å². The highest BCUT2D eigenvalue weighted by Crippen LogP contribution is 2.40. The van der Waals surface area contributed by atoms with Gasteiger partial charge in [-0.3, -0.25) is 28.6 Å². The van der Waals surface area contributed by atoms with E-state index in [4.69, 9.17) is 21.3 Å². The third-order valence-electron chi connectivity index (χ3n) is 8.98. The van der Waals surface area contributed by atoms with Crippen LogP contribution in [0.15, 0.2) is 52.2 Å². The van der Waals surface area contributed by atoms with E-state index in [0.717, 1.165) is 9.13 Å². The lowest BCUT2D eigenvalue weighted by molar-refractivity contribution is -0.143. The smallest absolute Gasteiger partial charge is 0.332 e. The summed E-state index contributed by atoms with van der Waals surface area (Å²) in [6, 6.07) is 10.8. The van der Waals surface area contributed by atoms with Crippen LogP contribution < -0.4 is 21.3 Å². The van der Waals surface area contributed by atoms with E-state index in [1.165, 1.54) is 21.2 Å². The van der Waals surface area contributed by atoms with E-state index in [9.17, 15) is 28.3 Å². The van der Waals surface area contributed by atoms with Crippen molar-refractivity contribution in [2.75, 3.05) is 25.5 Å². The van der Waals surface area contributed by atoms with Crippen LogP contribution in [0.5, 0.6) is 5.88 Å². The molecule has 0 spiro atoms. The topological polar surface area (TPSA) is 157 Å². The minimum absolute atomic E-state index is 0.121. The van der Waals surface area contributed by atoms with Crippen LogP contribution in [0, 0.1) is 12.8 Å². The number of anilines is 2. The number of ether oxygens (including phenoxy) is 1. The third kappa shape index (κ3) is 6.41. The summed E-state index contributed by atoms with van der Waals surface area (Å²) in [4.78, 5) is 56.3. The normalized spacial score (nSPS) is 14.0. The minimum atomic E-state index is -3.06. The summed E-state index contributed by atoms with van der Waals surface area (Å²) in [6.45, 7) is 3.52. The van der Waals surface area contributed by atoms with Crippen molar-refractivity contribution in [1.29, 1.82) is 0 Å². The molecule has 1 saturated heterocycles. The van der Waals surface area contributed by atoms with E-state index in [1.807, 2.05) is 31.2 Å². The number of carboxylic acids is 1. The Kier molecular flexibility index (Phi) is 9.62. The number of likely N-dealkylation sites (tertiary alicyclic amines) is 1. The maximum absolute atomic E-state index is 13.8. The summed E-state index contributed by atoms with van der Waals surface area (Å²) in [5.41, 5.74) is 2.50. The van der Waals surface area contributed by atoms with E-state index in [2.05, 4.69) is 25.2 Å². The molecule has 3 aromatic heterocycles. The van der Waals surface area contributed by atoms with Crippen LogP contribution in [-0.4, -0.2) is 65.2 Å². The molecule has 0 atom stereocenters. The van der Waals surface area contributed by atoms with E-state index in [-0.39, 0.29) is 22.8 Å². The van der Waals surface area contributed by atoms with Crippen molar-refractivity contribution < 1.29 is 23.4 Å². The molecule has 1 aliphatic heterocycles. The molecule has 4 heterocycles. The van der Waals surface area contributed by atoms with Crippen molar-refractivity contribution in [2.45, 2.75) is 32.7 Å². The number of nitrogens with zero attached hydrogens (tertiary/aromatic N) is 7. The van der Waals surface area contributed by atoms with Gasteiger partial charge < -0.3 is 15.2 Å². The molecule has 0 amide bonds. The first-order valence-corrected chi connectivity index (χ1v) is 16.0. The number of aromatic nitrogens is 6. The molecule has 16 heteroatoms. The predicted octanol–water partition coefficient (Wildman–Crippen LogP) is 5.10. The Hall–Kier alpha value is -5.28. The number of rotatable bonds is 9. The number of halogens is 3. The number of hydrogen-bond acceptors (Lipinski definition) is 10. The molecule has 2 aromatic carbocycles. The second kappa shape index (κ2) is 13.9. The molecule has 1 aliphatic rings. The fourth-order valence-corrected chi connectivity index (χ4v) is 6.47. The number of carboxylic acid groups (broad SMARTS) is 1. The summed E-state index contributed by atoms with van der Waals surface area (Å²) in [5.74, 6) is -1.79. The van der Waals surface area contributed by atoms with Gasteiger partial charge in [-0.05, 0) is 50.0 Å². The van der Waals surface area contributed by atoms with Crippen molar-refractivity contribution in [3.05, 3.63) is 85.5 Å². The molecule has 0 bridgehead atoms. The van der Waals surface area contributed by atoms with E-state index in [0.29, 0.717) is 82.7 Å². The number of fused-ring (bicyclic) bond motifs is 1. The zero-order chi connectivity index (χ0) is 35.9. The van der Waals surface area contributed by atoms with Crippen molar-refractivity contribution in [3.63, 3.8) is 0 Å². The zero-order valence-corrected chi connectivity index (χ0v) is 28.3. The van der Waals surface area contributed by atoms with Gasteiger partial charge >= 0.3 is 11.7 Å². The number of methoxy groups -OCH3 is 1. The Morgan fingerprint density at radius 3 is 2.40 bits per heavy atom. The Bertz CT molecular complexity index is 2250. The molecular formula is C34H33ClF2N8O5. The predicted molar refractivity (Wildman–Crippen MR) is 183 cm³/mol. The van der Waals surface area contributed by atoms with Gasteiger partial charge in [0, 0.05) is 37.5 Å². The first-order valence-electron chi connectivity index (χ1n) is 15.7. The second-order valence-corrected chi connectivity index (χ2v) is 12.4. The lowest BCUT2D eigenvalue weighted by atomic mass is 9.96. The lowest BCUT2D eigenvalue weighted by Crippen LogP contribution is -2.38. The summed E-state index contributed by atoms with van der Waals surface area (Å²) >= 11 is 7.03. The van der Waals surface area contributed by atoms with E-state index < -0.39 is 29.5 Å². The first-order chi connectivity index (χ1) is 23.9. The molecule has 260 valence electrons. The number of nitrogens with one attached hydrogen (secondary N) is 1. The van der Waals surface area contributed by atoms with Gasteiger partial charge in [0.05, 0.1) is 29.9 Å². The summed E-state index contributed by atoms with van der Waals surface area (Å²) < 4.78 is 35.2. The lowest BCUT2D eigenvalue weighted by Gasteiger charge is -2.29. The molecule has 1 fully saturated rings. The van der Waals surface area contributed by atoms with Gasteiger partial charge in [0.2, 0.25) is 5.88 Å². The monoisotopic (exact) mass is 706 g/mol. The minimum Gasteiger partial charge on any atom is -0.481 e. The molecular weight excluding hydrogens is 674 g/mol. The van der Waals surface area contributed by atoms with Crippen LogP contribution in [0.25, 0.3) is 33.4 Å². The highest BCUT2D eigenvalue weighted by molar-refractivity contribution is 6.36. The number of piperidine rings is 1. The maximum Gasteiger partial charge on any atom is 0.332 e. The molecule has 13 nitrogen and oxygen atoms in total. The molecule has 5 aromatic rings. The zero-order valence-electron chi connectivity index (χ0n) is 27.6. The first kappa shape index (κ1) is 34.6. The van der Waals surface area contributed by atoms with Crippen LogP contribution in [0.3, 0.4) is 0 Å². The molecule has 0 saturated carbocycles. The van der Waals surface area contributed by atoms with Crippen molar-refractivity contribution in [2.24, 2.45) is 20.0 Å². The average molecular weight is 707 g/mol. The summed E-state index contributed by atoms with van der Waals surface area (Å²) in [6.07, 6.45) is -0.312. The van der Waals surface area contributed by atoms with Gasteiger partial charge in [-0.2, -0.15) is 0 Å². The highest BCUT2D eigenvalue weighted by atomic mass is 35.5. The van der Waals surface area contributed by atoms with E-state index in [1.54, 1.807) is 18.3 Å². The van der Waals surface area contributed by atoms with Gasteiger partial charge in [-0.15, -0.1) is 0 Å². The molecule has 0 aliphatic carbocycles. The van der Waals surface area contributed by atoms with Crippen molar-refractivity contribution in [3.8, 4) is 28.3 Å². The van der Waals surface area contributed by atoms with Crippen molar-refractivity contribution in [1.82, 2.24) is 34.0 Å². The Morgan fingerprint density at radius 2 is 1.72 bits per heavy atom. The number of carbonyl (C=O) groups is 1. The second-order valence-electron chi connectivity index (χ2n) is 12.0. The average Bonchev–Trinajstić information content (AvgIpc) is 3.11. The molecule has 50 heavy (non-hydrogen) atoms. The summed E-state index contributed by atoms with van der Waals surface area (Å²) in [7, 11) is 4.14. The quantitative estimate of drug-likeness (QED) is 0.210. The highest BCUT2D eigenvalue weighted by Gasteiger charge is 2.26. The van der Waals surface area contributed by atoms with Gasteiger partial charge in [0.25, 0.3) is 12.0 Å². The number of aliphatic carboxylic acids is 1. The summed E-state index contributed by atoms with van der Waals surface area (Å²) in [5, 5.41) is 12.6. The molecule has 0 radical (unpaired) electrons. The third-order valence-corrected chi connectivity index (χ3v) is 9.39. The molecule has 2 N–H and O–H groups in total. The maximum atomic E-state index is 13.8. The van der Waals surface area contributed by atoms with Gasteiger partial charge in [-0.1, -0.05) is 41.9 Å². The Balaban J connectivity index is 1.34. The van der Waals surface area contributed by atoms with Crippen LogP contribution in [0.1, 0.15) is 36.3 Å². The van der Waals surface area contributed by atoms with Crippen molar-refractivity contribution >= 4 is 40.1 Å². The van der Waals surface area contributed by atoms with Gasteiger partial charge in [0.1, 0.15) is 16.9 Å². The van der Waals surface area contributed by atoms with Crippen LogP contribution in [0.4, 0.5) is 20.3 Å². The van der Waals surface area contributed by atoms with Crippen LogP contribution >= 0.6 is 11.6 Å². The Morgan fingerprint density at radius 1 is 1.04 bits per heavy atom. The number of benzene rings is 2. The van der Waals surface area contributed by atoms with Crippen LogP contribution in [-0.2, 0) is 25.4 Å². The number of hydrogen-bond donors (Lipinski definition) is 2. The van der Waals surface area contributed by atoms with Crippen LogP contribution in [0.2, 0.25) is 5.02 Å².